The first kappa shape index (κ1) is 21.0. The second kappa shape index (κ2) is 12.2. The Hall–Kier alpha value is -2.28. The van der Waals surface area contributed by atoms with E-state index in [0.717, 1.165) is 31.0 Å². The molecule has 7 nitrogen and oxygen atoms in total. The van der Waals surface area contributed by atoms with E-state index in [0.29, 0.717) is 12.2 Å². The molecule has 1 heterocycles. The van der Waals surface area contributed by atoms with Gasteiger partial charge >= 0.3 is 6.09 Å². The fourth-order valence-corrected chi connectivity index (χ4v) is 3.15. The van der Waals surface area contributed by atoms with Gasteiger partial charge in [-0.2, -0.15) is 0 Å². The van der Waals surface area contributed by atoms with Gasteiger partial charge in [0.15, 0.2) is 5.96 Å². The number of nitrogens with one attached hydrogen (secondary N) is 3. The summed E-state index contributed by atoms with van der Waals surface area (Å²) in [7, 11) is 3.13. The largest absolute Gasteiger partial charge is 0.453 e. The number of hydrogen-bond acceptors (Lipinski definition) is 4. The van der Waals surface area contributed by atoms with Gasteiger partial charge in [-0.1, -0.05) is 25.0 Å². The number of carbonyl (C=O) groups is 1. The molecule has 1 aliphatic rings. The Balaban J connectivity index is 1.65. The number of hydrogen-bond donors (Lipinski definition) is 3. The van der Waals surface area contributed by atoms with Gasteiger partial charge in [0.25, 0.3) is 0 Å². The average molecular weight is 376 g/mol. The van der Waals surface area contributed by atoms with Gasteiger partial charge in [0, 0.05) is 25.8 Å². The Bertz CT molecular complexity index is 581. The summed E-state index contributed by atoms with van der Waals surface area (Å²) in [6.45, 7) is 5.22. The highest BCUT2D eigenvalue weighted by molar-refractivity contribution is 5.84. The molecule has 1 fully saturated rings. The standard InChI is InChI=1S/C20H33N5O2/c1-21-19(22-12-7-15-25-13-5-3-4-6-14-25)23-16-17-8-10-18(11-9-17)24-20(26)27-2/h8-11H,3-7,12-16H2,1-2H3,(H,24,26)(H2,21,22,23). The van der Waals surface area contributed by atoms with Gasteiger partial charge in [-0.3, -0.25) is 10.3 Å². The van der Waals surface area contributed by atoms with Crippen molar-refractivity contribution in [2.24, 2.45) is 4.99 Å². The number of carbonyl (C=O) groups excluding carboxylic acids is 1. The number of rotatable bonds is 7. The third-order valence-corrected chi connectivity index (χ3v) is 4.71. The van der Waals surface area contributed by atoms with E-state index in [1.54, 1.807) is 7.05 Å². The topological polar surface area (TPSA) is 78.0 Å². The zero-order valence-corrected chi connectivity index (χ0v) is 16.6. The Labute approximate surface area is 162 Å². The van der Waals surface area contributed by atoms with Crippen LogP contribution in [0.25, 0.3) is 0 Å². The quantitative estimate of drug-likeness (QED) is 0.388. The molecule has 7 heteroatoms. The van der Waals surface area contributed by atoms with Crippen LogP contribution in [0.1, 0.15) is 37.7 Å². The van der Waals surface area contributed by atoms with Gasteiger partial charge in [-0.15, -0.1) is 0 Å². The molecular formula is C20H33N5O2. The lowest BCUT2D eigenvalue weighted by atomic mass is 10.2. The Morgan fingerprint density at radius 1 is 1.11 bits per heavy atom. The minimum Gasteiger partial charge on any atom is -0.453 e. The van der Waals surface area contributed by atoms with Gasteiger partial charge in [-0.05, 0) is 56.6 Å². The molecule has 0 unspecified atom stereocenters. The molecule has 0 spiro atoms. The molecule has 2 rings (SSSR count). The summed E-state index contributed by atoms with van der Waals surface area (Å²) in [5.41, 5.74) is 1.82. The number of ether oxygens (including phenoxy) is 1. The number of benzene rings is 1. The minimum atomic E-state index is -0.467. The van der Waals surface area contributed by atoms with E-state index in [1.165, 1.54) is 45.9 Å². The zero-order chi connectivity index (χ0) is 19.3. The summed E-state index contributed by atoms with van der Waals surface area (Å²) in [5, 5.41) is 9.34. The van der Waals surface area contributed by atoms with E-state index in [9.17, 15) is 4.79 Å². The maximum absolute atomic E-state index is 11.2. The fraction of sp³-hybridized carbons (Fsp3) is 0.600. The first-order chi connectivity index (χ1) is 13.2. The molecule has 1 amide bonds. The Kier molecular flexibility index (Phi) is 9.48. The molecule has 1 saturated heterocycles. The third kappa shape index (κ3) is 8.30. The van der Waals surface area contributed by atoms with E-state index in [1.807, 2.05) is 24.3 Å². The number of guanidine groups is 1. The number of likely N-dealkylation sites (tertiary alicyclic amines) is 1. The van der Waals surface area contributed by atoms with Crippen molar-refractivity contribution in [1.29, 1.82) is 0 Å². The third-order valence-electron chi connectivity index (χ3n) is 4.71. The molecule has 1 aromatic carbocycles. The SMILES string of the molecule is CN=C(NCCCN1CCCCCC1)NCc1ccc(NC(=O)OC)cc1. The second-order valence-electron chi connectivity index (χ2n) is 6.78. The number of nitrogens with zero attached hydrogens (tertiary/aromatic N) is 2. The van der Waals surface area contributed by atoms with Crippen LogP contribution in [0, 0.1) is 0 Å². The van der Waals surface area contributed by atoms with Crippen molar-refractivity contribution in [1.82, 2.24) is 15.5 Å². The normalized spacial score (nSPS) is 15.7. The van der Waals surface area contributed by atoms with E-state index in [-0.39, 0.29) is 0 Å². The number of methoxy groups -OCH3 is 1. The summed E-state index contributed by atoms with van der Waals surface area (Å²) >= 11 is 0. The maximum atomic E-state index is 11.2. The van der Waals surface area contributed by atoms with Crippen molar-refractivity contribution >= 4 is 17.7 Å². The van der Waals surface area contributed by atoms with E-state index in [2.05, 4.69) is 30.6 Å². The molecule has 0 bridgehead atoms. The molecular weight excluding hydrogens is 342 g/mol. The predicted octanol–water partition coefficient (Wildman–Crippen LogP) is 2.80. The smallest absolute Gasteiger partial charge is 0.411 e. The number of anilines is 1. The Morgan fingerprint density at radius 2 is 1.81 bits per heavy atom. The lowest BCUT2D eigenvalue weighted by Crippen LogP contribution is -2.38. The van der Waals surface area contributed by atoms with Gasteiger partial charge in [0.05, 0.1) is 7.11 Å². The van der Waals surface area contributed by atoms with Crippen LogP contribution in [-0.4, -0.2) is 57.3 Å². The maximum Gasteiger partial charge on any atom is 0.411 e. The highest BCUT2D eigenvalue weighted by Gasteiger charge is 2.08. The van der Waals surface area contributed by atoms with Crippen LogP contribution in [0.2, 0.25) is 0 Å². The van der Waals surface area contributed by atoms with Crippen molar-refractivity contribution in [3.8, 4) is 0 Å². The van der Waals surface area contributed by atoms with Crippen molar-refractivity contribution in [2.75, 3.05) is 45.7 Å². The van der Waals surface area contributed by atoms with Gasteiger partial charge in [0.1, 0.15) is 0 Å². The molecule has 0 atom stereocenters. The van der Waals surface area contributed by atoms with Crippen LogP contribution in [0.15, 0.2) is 29.3 Å². The van der Waals surface area contributed by atoms with E-state index in [4.69, 9.17) is 0 Å². The van der Waals surface area contributed by atoms with Crippen LogP contribution in [0.5, 0.6) is 0 Å². The summed E-state index contributed by atoms with van der Waals surface area (Å²) in [6, 6.07) is 7.63. The molecule has 0 aliphatic carbocycles. The average Bonchev–Trinajstić information content (AvgIpc) is 2.97. The first-order valence-corrected chi connectivity index (χ1v) is 9.82. The zero-order valence-electron chi connectivity index (χ0n) is 16.6. The van der Waals surface area contributed by atoms with Crippen LogP contribution in [0.4, 0.5) is 10.5 Å². The molecule has 1 aliphatic heterocycles. The number of aliphatic imine (C=N–C) groups is 1. The van der Waals surface area contributed by atoms with Crippen molar-refractivity contribution in [3.05, 3.63) is 29.8 Å². The highest BCUT2D eigenvalue weighted by atomic mass is 16.5. The molecule has 3 N–H and O–H groups in total. The summed E-state index contributed by atoms with van der Waals surface area (Å²) in [5.74, 6) is 0.808. The van der Waals surface area contributed by atoms with Gasteiger partial charge < -0.3 is 20.3 Å². The van der Waals surface area contributed by atoms with Crippen molar-refractivity contribution in [3.63, 3.8) is 0 Å². The lowest BCUT2D eigenvalue weighted by Gasteiger charge is -2.20. The van der Waals surface area contributed by atoms with Crippen LogP contribution < -0.4 is 16.0 Å². The molecule has 0 aromatic heterocycles. The van der Waals surface area contributed by atoms with Crippen molar-refractivity contribution in [2.45, 2.75) is 38.6 Å². The number of amides is 1. The predicted molar refractivity (Wildman–Crippen MR) is 110 cm³/mol. The van der Waals surface area contributed by atoms with Gasteiger partial charge in [-0.25, -0.2) is 4.79 Å². The van der Waals surface area contributed by atoms with Gasteiger partial charge in [0.2, 0.25) is 0 Å². The molecule has 0 radical (unpaired) electrons. The van der Waals surface area contributed by atoms with E-state index >= 15 is 0 Å². The molecule has 27 heavy (non-hydrogen) atoms. The monoisotopic (exact) mass is 375 g/mol. The van der Waals surface area contributed by atoms with Crippen LogP contribution in [-0.2, 0) is 11.3 Å². The Morgan fingerprint density at radius 3 is 2.44 bits per heavy atom. The van der Waals surface area contributed by atoms with Crippen LogP contribution >= 0.6 is 0 Å². The summed E-state index contributed by atoms with van der Waals surface area (Å²) < 4.78 is 4.58. The lowest BCUT2D eigenvalue weighted by molar-refractivity contribution is 0.187. The first-order valence-electron chi connectivity index (χ1n) is 9.82. The molecule has 0 saturated carbocycles. The van der Waals surface area contributed by atoms with Crippen molar-refractivity contribution < 1.29 is 9.53 Å². The van der Waals surface area contributed by atoms with E-state index < -0.39 is 6.09 Å². The van der Waals surface area contributed by atoms with Crippen LogP contribution in [0.3, 0.4) is 0 Å². The second-order valence-corrected chi connectivity index (χ2v) is 6.78. The fourth-order valence-electron chi connectivity index (χ4n) is 3.15. The highest BCUT2D eigenvalue weighted by Crippen LogP contribution is 2.10. The summed E-state index contributed by atoms with van der Waals surface area (Å²) in [4.78, 5) is 18.0. The molecule has 1 aromatic rings. The molecule has 150 valence electrons. The summed E-state index contributed by atoms with van der Waals surface area (Å²) in [6.07, 6.45) is 6.09. The minimum absolute atomic E-state index is 0.467.